The highest BCUT2D eigenvalue weighted by Crippen LogP contribution is 2.14. The summed E-state index contributed by atoms with van der Waals surface area (Å²) in [4.78, 5) is 36.7. The molecule has 0 amide bonds. The molecule has 0 aromatic rings. The number of hydrogen-bond acceptors (Lipinski definition) is 7. The van der Waals surface area contributed by atoms with Crippen LogP contribution in [-0.4, -0.2) is 75.5 Å². The van der Waals surface area contributed by atoms with Crippen LogP contribution in [0.5, 0.6) is 0 Å². The van der Waals surface area contributed by atoms with Gasteiger partial charge in [-0.25, -0.2) is 0 Å². The lowest BCUT2D eigenvalue weighted by molar-refractivity contribution is -0.889. The molecule has 8 heteroatoms. The Labute approximate surface area is 320 Å². The third kappa shape index (κ3) is 33.9. The minimum atomic E-state index is -1.12. The molecule has 2 atom stereocenters. The van der Waals surface area contributed by atoms with E-state index < -0.39 is 18.1 Å². The lowest BCUT2D eigenvalue weighted by Gasteiger charge is -2.34. The number of unbranched alkanes of at least 4 members (excludes halogenated alkanes) is 23. The Morgan fingerprint density at radius 3 is 1.38 bits per heavy atom. The van der Waals surface area contributed by atoms with Crippen molar-refractivity contribution in [1.82, 2.24) is 0 Å². The topological polar surface area (TPSA) is 102 Å². The van der Waals surface area contributed by atoms with E-state index in [1.165, 1.54) is 116 Å². The number of carboxylic acids is 1. The van der Waals surface area contributed by atoms with Crippen molar-refractivity contribution in [3.8, 4) is 0 Å². The number of carbonyl (C=O) groups is 3. The van der Waals surface area contributed by atoms with Crippen LogP contribution in [-0.2, 0) is 28.6 Å². The molecule has 0 heterocycles. The standard InChI is InChI=1S/C44H83NO7/c1-6-8-10-12-14-16-18-19-20-21-22-23-24-25-27-29-31-33-35-43(47)52-40(38-50-37-36-41(44(48)49)45(3,4)5)39-51-42(46)34-32-30-28-26-17-15-13-11-9-7-2/h22-23,40-41H,6-21,24-39H2,1-5H3/b23-22+. The Morgan fingerprint density at radius 2 is 0.962 bits per heavy atom. The fourth-order valence-electron chi connectivity index (χ4n) is 6.48. The number of allylic oxidation sites excluding steroid dienone is 2. The van der Waals surface area contributed by atoms with E-state index in [-0.39, 0.29) is 42.7 Å². The van der Waals surface area contributed by atoms with Crippen LogP contribution in [0.4, 0.5) is 0 Å². The predicted octanol–water partition coefficient (Wildman–Crippen LogP) is 10.2. The van der Waals surface area contributed by atoms with E-state index in [9.17, 15) is 19.5 Å². The predicted molar refractivity (Wildman–Crippen MR) is 213 cm³/mol. The number of quaternary nitrogens is 1. The van der Waals surface area contributed by atoms with Gasteiger partial charge in [0.2, 0.25) is 0 Å². The van der Waals surface area contributed by atoms with E-state index >= 15 is 0 Å². The Kier molecular flexibility index (Phi) is 34.7. The average Bonchev–Trinajstić information content (AvgIpc) is 3.09. The van der Waals surface area contributed by atoms with E-state index in [1.807, 2.05) is 0 Å². The first-order valence-corrected chi connectivity index (χ1v) is 21.7. The van der Waals surface area contributed by atoms with E-state index in [0.717, 1.165) is 51.4 Å². The normalized spacial score (nSPS) is 13.0. The summed E-state index contributed by atoms with van der Waals surface area (Å²) in [6, 6.07) is -0.722. The monoisotopic (exact) mass is 738 g/mol. The van der Waals surface area contributed by atoms with Gasteiger partial charge in [0.25, 0.3) is 0 Å². The van der Waals surface area contributed by atoms with E-state index in [0.29, 0.717) is 12.8 Å². The van der Waals surface area contributed by atoms with Crippen molar-refractivity contribution in [3.05, 3.63) is 12.2 Å². The van der Waals surface area contributed by atoms with Gasteiger partial charge in [0.15, 0.2) is 6.10 Å². The Balaban J connectivity index is 4.31. The lowest BCUT2D eigenvalue weighted by atomic mass is 10.1. The molecular weight excluding hydrogens is 654 g/mol. The fraction of sp³-hybridized carbons (Fsp3) is 0.886. The first-order valence-electron chi connectivity index (χ1n) is 21.7. The number of rotatable bonds is 39. The molecular formula is C44H83NO7. The number of ether oxygens (including phenoxy) is 3. The van der Waals surface area contributed by atoms with Crippen LogP contribution in [0.15, 0.2) is 12.2 Å². The van der Waals surface area contributed by atoms with E-state index in [4.69, 9.17) is 14.2 Å². The number of aliphatic carboxylic acids is 1. The van der Waals surface area contributed by atoms with Crippen LogP contribution >= 0.6 is 0 Å². The zero-order valence-corrected chi connectivity index (χ0v) is 34.7. The molecule has 0 radical (unpaired) electrons. The van der Waals surface area contributed by atoms with E-state index in [2.05, 4.69) is 26.0 Å². The van der Waals surface area contributed by atoms with Crippen LogP contribution in [0.3, 0.4) is 0 Å². The number of nitrogens with zero attached hydrogens (tertiary/aromatic N) is 1. The zero-order chi connectivity index (χ0) is 38.5. The Hall–Kier alpha value is -1.93. The largest absolute Gasteiger partial charge is 0.544 e. The summed E-state index contributed by atoms with van der Waals surface area (Å²) in [5.74, 6) is -1.74. The second-order valence-corrected chi connectivity index (χ2v) is 15.9. The van der Waals surface area contributed by atoms with Crippen LogP contribution < -0.4 is 5.11 Å². The van der Waals surface area contributed by atoms with Crippen molar-refractivity contribution >= 4 is 17.9 Å². The van der Waals surface area contributed by atoms with E-state index in [1.54, 1.807) is 21.1 Å². The van der Waals surface area contributed by atoms with Gasteiger partial charge in [-0.2, -0.15) is 0 Å². The Bertz CT molecular complexity index is 869. The quantitative estimate of drug-likeness (QED) is 0.0268. The summed E-state index contributed by atoms with van der Waals surface area (Å²) in [7, 11) is 5.41. The van der Waals surface area contributed by atoms with Crippen molar-refractivity contribution in [2.75, 3.05) is 41.0 Å². The maximum absolute atomic E-state index is 12.7. The summed E-state index contributed by atoms with van der Waals surface area (Å²) in [6.07, 6.45) is 36.6. The fourth-order valence-corrected chi connectivity index (χ4v) is 6.48. The smallest absolute Gasteiger partial charge is 0.306 e. The van der Waals surface area contributed by atoms with Crippen molar-refractivity contribution in [3.63, 3.8) is 0 Å². The third-order valence-corrected chi connectivity index (χ3v) is 9.90. The molecule has 0 aliphatic carbocycles. The minimum absolute atomic E-state index is 0.0425. The highest BCUT2D eigenvalue weighted by Gasteiger charge is 2.25. The molecule has 2 unspecified atom stereocenters. The van der Waals surface area contributed by atoms with Gasteiger partial charge in [-0.1, -0.05) is 154 Å². The van der Waals surface area contributed by atoms with Gasteiger partial charge in [0, 0.05) is 19.3 Å². The number of carboxylic acid groups (broad SMARTS) is 1. The van der Waals surface area contributed by atoms with Crippen LogP contribution in [0.1, 0.15) is 200 Å². The molecule has 0 fully saturated rings. The molecule has 0 aromatic carbocycles. The number of carbonyl (C=O) groups excluding carboxylic acids is 3. The summed E-state index contributed by atoms with van der Waals surface area (Å²) in [5.41, 5.74) is 0. The lowest BCUT2D eigenvalue weighted by Crippen LogP contribution is -2.55. The van der Waals surface area contributed by atoms with Gasteiger partial charge >= 0.3 is 11.9 Å². The van der Waals surface area contributed by atoms with Gasteiger partial charge in [-0.15, -0.1) is 0 Å². The maximum atomic E-state index is 12.7. The van der Waals surface area contributed by atoms with Crippen molar-refractivity contribution < 1.29 is 38.2 Å². The van der Waals surface area contributed by atoms with Gasteiger partial charge in [0.1, 0.15) is 12.6 Å². The summed E-state index contributed by atoms with van der Waals surface area (Å²) in [6.45, 7) is 4.65. The number of likely N-dealkylation sites (N-methyl/N-ethyl adjacent to an activating group) is 1. The molecule has 306 valence electrons. The first kappa shape index (κ1) is 50.1. The molecule has 0 rings (SSSR count). The highest BCUT2D eigenvalue weighted by atomic mass is 16.6. The molecule has 0 bridgehead atoms. The van der Waals surface area contributed by atoms with Crippen LogP contribution in [0.2, 0.25) is 0 Å². The average molecular weight is 738 g/mol. The van der Waals surface area contributed by atoms with Crippen molar-refractivity contribution in [1.29, 1.82) is 0 Å². The second-order valence-electron chi connectivity index (χ2n) is 15.9. The molecule has 52 heavy (non-hydrogen) atoms. The zero-order valence-electron chi connectivity index (χ0n) is 34.7. The SMILES string of the molecule is CCCCCCCCCCC/C=C/CCCCCCCC(=O)OC(COCCC(C(=O)[O-])[N+](C)(C)C)COC(=O)CCCCCCCCCCCC. The molecule has 0 spiro atoms. The number of esters is 2. The minimum Gasteiger partial charge on any atom is -0.544 e. The highest BCUT2D eigenvalue weighted by molar-refractivity contribution is 5.70. The van der Waals surface area contributed by atoms with Gasteiger partial charge in [-0.3, -0.25) is 9.59 Å². The summed E-state index contributed by atoms with van der Waals surface area (Å²) >= 11 is 0. The van der Waals surface area contributed by atoms with Gasteiger partial charge < -0.3 is 28.6 Å². The molecule has 0 N–H and O–H groups in total. The summed E-state index contributed by atoms with van der Waals surface area (Å²) in [5, 5.41) is 11.6. The molecule has 0 saturated heterocycles. The van der Waals surface area contributed by atoms with Gasteiger partial charge in [0.05, 0.1) is 40.3 Å². The maximum Gasteiger partial charge on any atom is 0.306 e. The van der Waals surface area contributed by atoms with Gasteiger partial charge in [-0.05, 0) is 38.5 Å². The molecule has 0 aliphatic heterocycles. The number of hydrogen-bond donors (Lipinski definition) is 0. The first-order chi connectivity index (χ1) is 25.1. The molecule has 8 nitrogen and oxygen atoms in total. The van der Waals surface area contributed by atoms with Crippen LogP contribution in [0.25, 0.3) is 0 Å². The Morgan fingerprint density at radius 1 is 0.558 bits per heavy atom. The summed E-state index contributed by atoms with van der Waals surface area (Å²) < 4.78 is 17.1. The van der Waals surface area contributed by atoms with Crippen molar-refractivity contribution in [2.45, 2.75) is 212 Å². The second kappa shape index (κ2) is 36.1. The molecule has 0 saturated carbocycles. The molecule has 0 aromatic heterocycles. The van der Waals surface area contributed by atoms with Crippen LogP contribution in [0, 0.1) is 0 Å². The molecule has 0 aliphatic rings. The van der Waals surface area contributed by atoms with Crippen molar-refractivity contribution in [2.24, 2.45) is 0 Å². The third-order valence-electron chi connectivity index (χ3n) is 9.90.